The number of nitrogens with two attached hydrogens (primary N) is 1. The number of phenolic OH excluding ortho intramolecular Hbond substituents is 1. The van der Waals surface area contributed by atoms with Gasteiger partial charge in [0.15, 0.2) is 0 Å². The Morgan fingerprint density at radius 3 is 2.93 bits per heavy atom. The van der Waals surface area contributed by atoms with E-state index in [9.17, 15) is 4.79 Å². The van der Waals surface area contributed by atoms with Gasteiger partial charge in [-0.15, -0.1) is 0 Å². The van der Waals surface area contributed by atoms with E-state index in [2.05, 4.69) is 6.58 Å². The van der Waals surface area contributed by atoms with E-state index in [1.807, 2.05) is 0 Å². The summed E-state index contributed by atoms with van der Waals surface area (Å²) in [6.45, 7) is 3.57. The Balaban J connectivity index is 2.80. The molecule has 0 aromatic heterocycles. The van der Waals surface area contributed by atoms with E-state index in [0.29, 0.717) is 5.56 Å². The standard InChI is InChI=1S/C10H11NO3/c1-2-5-14-10(13)7-3-4-9(12)8(11)6-7/h2-4,6,12H,1,5,11H2. The molecule has 0 aliphatic carbocycles. The summed E-state index contributed by atoms with van der Waals surface area (Å²) in [5, 5.41) is 9.11. The largest absolute Gasteiger partial charge is 0.506 e. The van der Waals surface area contributed by atoms with Crippen molar-refractivity contribution in [2.45, 2.75) is 0 Å². The van der Waals surface area contributed by atoms with Gasteiger partial charge >= 0.3 is 5.97 Å². The zero-order chi connectivity index (χ0) is 10.6. The number of hydrogen-bond donors (Lipinski definition) is 2. The molecule has 0 amide bonds. The van der Waals surface area contributed by atoms with Crippen LogP contribution in [0.15, 0.2) is 30.9 Å². The van der Waals surface area contributed by atoms with Crippen molar-refractivity contribution in [3.05, 3.63) is 36.4 Å². The highest BCUT2D eigenvalue weighted by molar-refractivity contribution is 5.91. The predicted octanol–water partition coefficient (Wildman–Crippen LogP) is 1.32. The van der Waals surface area contributed by atoms with Crippen LogP contribution in [0.4, 0.5) is 5.69 Å². The zero-order valence-corrected chi connectivity index (χ0v) is 7.56. The van der Waals surface area contributed by atoms with Gasteiger partial charge in [0.2, 0.25) is 0 Å². The third kappa shape index (κ3) is 2.26. The first-order valence-corrected chi connectivity index (χ1v) is 4.01. The van der Waals surface area contributed by atoms with Crippen LogP contribution in [0.3, 0.4) is 0 Å². The fraction of sp³-hybridized carbons (Fsp3) is 0.100. The molecule has 4 nitrogen and oxygen atoms in total. The summed E-state index contributed by atoms with van der Waals surface area (Å²) in [5.74, 6) is -0.540. The summed E-state index contributed by atoms with van der Waals surface area (Å²) in [7, 11) is 0. The number of anilines is 1. The van der Waals surface area contributed by atoms with Crippen molar-refractivity contribution < 1.29 is 14.6 Å². The molecular formula is C10H11NO3. The quantitative estimate of drug-likeness (QED) is 0.328. The SMILES string of the molecule is C=CCOC(=O)c1ccc(O)c(N)c1. The lowest BCUT2D eigenvalue weighted by Gasteiger charge is -2.03. The highest BCUT2D eigenvalue weighted by atomic mass is 16.5. The minimum Gasteiger partial charge on any atom is -0.506 e. The Kier molecular flexibility index (Phi) is 3.12. The molecule has 74 valence electrons. The Bertz CT molecular complexity index is 360. The lowest BCUT2D eigenvalue weighted by molar-refractivity contribution is 0.0550. The molecule has 3 N–H and O–H groups in total. The summed E-state index contributed by atoms with van der Waals surface area (Å²) < 4.78 is 4.78. The summed E-state index contributed by atoms with van der Waals surface area (Å²) in [6, 6.07) is 4.15. The smallest absolute Gasteiger partial charge is 0.338 e. The second kappa shape index (κ2) is 4.32. The Morgan fingerprint density at radius 1 is 1.64 bits per heavy atom. The van der Waals surface area contributed by atoms with Crippen molar-refractivity contribution in [3.8, 4) is 5.75 Å². The molecular weight excluding hydrogens is 182 g/mol. The molecule has 0 unspecified atom stereocenters. The fourth-order valence-electron chi connectivity index (χ4n) is 0.899. The molecule has 14 heavy (non-hydrogen) atoms. The average molecular weight is 193 g/mol. The summed E-state index contributed by atoms with van der Waals surface area (Å²) in [6.07, 6.45) is 1.47. The van der Waals surface area contributed by atoms with E-state index in [1.54, 1.807) is 0 Å². The average Bonchev–Trinajstić information content (AvgIpc) is 2.18. The Morgan fingerprint density at radius 2 is 2.36 bits per heavy atom. The van der Waals surface area contributed by atoms with E-state index < -0.39 is 5.97 Å². The molecule has 1 aromatic carbocycles. The minimum absolute atomic E-state index is 0.0507. The third-order valence-corrected chi connectivity index (χ3v) is 1.60. The third-order valence-electron chi connectivity index (χ3n) is 1.60. The summed E-state index contributed by atoms with van der Waals surface area (Å²) >= 11 is 0. The van der Waals surface area contributed by atoms with Crippen LogP contribution in [0.5, 0.6) is 5.75 Å². The number of carbonyl (C=O) groups excluding carboxylic acids is 1. The Hall–Kier alpha value is -1.97. The van der Waals surface area contributed by atoms with Gasteiger partial charge in [-0.2, -0.15) is 0 Å². The molecule has 0 saturated heterocycles. The number of aromatic hydroxyl groups is 1. The zero-order valence-electron chi connectivity index (χ0n) is 7.56. The van der Waals surface area contributed by atoms with E-state index in [1.165, 1.54) is 24.3 Å². The van der Waals surface area contributed by atoms with Crippen molar-refractivity contribution in [1.82, 2.24) is 0 Å². The molecule has 0 saturated carbocycles. The Labute approximate surface area is 81.6 Å². The van der Waals surface area contributed by atoms with E-state index in [4.69, 9.17) is 15.6 Å². The van der Waals surface area contributed by atoms with Crippen LogP contribution >= 0.6 is 0 Å². The maximum atomic E-state index is 11.3. The summed E-state index contributed by atoms with van der Waals surface area (Å²) in [4.78, 5) is 11.3. The molecule has 0 spiro atoms. The van der Waals surface area contributed by atoms with Crippen molar-refractivity contribution in [1.29, 1.82) is 0 Å². The molecule has 0 fully saturated rings. The van der Waals surface area contributed by atoms with Crippen LogP contribution in [-0.4, -0.2) is 17.7 Å². The minimum atomic E-state index is -0.489. The monoisotopic (exact) mass is 193 g/mol. The van der Waals surface area contributed by atoms with Crippen molar-refractivity contribution in [2.75, 3.05) is 12.3 Å². The predicted molar refractivity (Wildman–Crippen MR) is 53.0 cm³/mol. The first kappa shape index (κ1) is 10.1. The number of phenols is 1. The lowest BCUT2D eigenvalue weighted by atomic mass is 10.2. The fourth-order valence-corrected chi connectivity index (χ4v) is 0.899. The van der Waals surface area contributed by atoms with E-state index in [0.717, 1.165) is 0 Å². The first-order valence-electron chi connectivity index (χ1n) is 4.01. The molecule has 4 heteroatoms. The van der Waals surface area contributed by atoms with Crippen LogP contribution in [0.1, 0.15) is 10.4 Å². The molecule has 0 atom stereocenters. The highest BCUT2D eigenvalue weighted by Crippen LogP contribution is 2.20. The molecule has 0 aliphatic heterocycles. The van der Waals surface area contributed by atoms with Gasteiger partial charge < -0.3 is 15.6 Å². The van der Waals surface area contributed by atoms with Gasteiger partial charge in [-0.05, 0) is 18.2 Å². The number of nitrogen functional groups attached to an aromatic ring is 1. The van der Waals surface area contributed by atoms with Gasteiger partial charge in [0.1, 0.15) is 12.4 Å². The molecule has 1 aromatic rings. The molecule has 1 rings (SSSR count). The summed E-state index contributed by atoms with van der Waals surface area (Å²) in [5.41, 5.74) is 5.87. The van der Waals surface area contributed by atoms with Crippen LogP contribution < -0.4 is 5.73 Å². The van der Waals surface area contributed by atoms with Gasteiger partial charge in [0, 0.05) is 0 Å². The molecule has 0 bridgehead atoms. The topological polar surface area (TPSA) is 72.5 Å². The maximum Gasteiger partial charge on any atom is 0.338 e. The van der Waals surface area contributed by atoms with Crippen molar-refractivity contribution in [3.63, 3.8) is 0 Å². The number of benzene rings is 1. The number of rotatable bonds is 3. The van der Waals surface area contributed by atoms with Crippen LogP contribution in [0, 0.1) is 0 Å². The van der Waals surface area contributed by atoms with E-state index >= 15 is 0 Å². The maximum absolute atomic E-state index is 11.3. The van der Waals surface area contributed by atoms with Gasteiger partial charge in [0.25, 0.3) is 0 Å². The number of hydrogen-bond acceptors (Lipinski definition) is 4. The first-order chi connectivity index (χ1) is 6.65. The van der Waals surface area contributed by atoms with Gasteiger partial charge in [-0.3, -0.25) is 0 Å². The molecule has 0 heterocycles. The van der Waals surface area contributed by atoms with Gasteiger partial charge in [-0.1, -0.05) is 12.7 Å². The van der Waals surface area contributed by atoms with Gasteiger partial charge in [0.05, 0.1) is 11.3 Å². The highest BCUT2D eigenvalue weighted by Gasteiger charge is 2.07. The molecule has 0 aliphatic rings. The van der Waals surface area contributed by atoms with Crippen LogP contribution in [0.2, 0.25) is 0 Å². The van der Waals surface area contributed by atoms with Crippen LogP contribution in [0.25, 0.3) is 0 Å². The second-order valence-corrected chi connectivity index (χ2v) is 2.66. The molecule has 0 radical (unpaired) electrons. The number of carbonyl (C=O) groups is 1. The van der Waals surface area contributed by atoms with Gasteiger partial charge in [-0.25, -0.2) is 4.79 Å². The normalized spacial score (nSPS) is 9.43. The number of esters is 1. The van der Waals surface area contributed by atoms with Crippen molar-refractivity contribution in [2.24, 2.45) is 0 Å². The van der Waals surface area contributed by atoms with Crippen LogP contribution in [-0.2, 0) is 4.74 Å². The second-order valence-electron chi connectivity index (χ2n) is 2.66. The number of ether oxygens (including phenoxy) is 1. The van der Waals surface area contributed by atoms with E-state index in [-0.39, 0.29) is 18.0 Å². The lowest BCUT2D eigenvalue weighted by Crippen LogP contribution is -2.05. The van der Waals surface area contributed by atoms with Crippen molar-refractivity contribution >= 4 is 11.7 Å².